The first-order valence-corrected chi connectivity index (χ1v) is 4.78. The second-order valence-electron chi connectivity index (χ2n) is 2.79. The first kappa shape index (κ1) is 8.19. The van der Waals surface area contributed by atoms with E-state index < -0.39 is 0 Å². The highest BCUT2D eigenvalue weighted by Crippen LogP contribution is 2.24. The Bertz CT molecular complexity index is 422. The first-order chi connectivity index (χ1) is 6.25. The summed E-state index contributed by atoms with van der Waals surface area (Å²) < 4.78 is 0. The van der Waals surface area contributed by atoms with Crippen LogP contribution in [0, 0.1) is 6.92 Å². The predicted molar refractivity (Wildman–Crippen MR) is 54.5 cm³/mol. The van der Waals surface area contributed by atoms with E-state index in [9.17, 15) is 0 Å². The van der Waals surface area contributed by atoms with Crippen LogP contribution in [0.5, 0.6) is 0 Å². The van der Waals surface area contributed by atoms with Gasteiger partial charge in [0.1, 0.15) is 0 Å². The Morgan fingerprint density at radius 1 is 1.46 bits per heavy atom. The summed E-state index contributed by atoms with van der Waals surface area (Å²) in [5.74, 6) is 0.323. The first-order valence-electron chi connectivity index (χ1n) is 3.90. The van der Waals surface area contributed by atoms with Gasteiger partial charge in [0.25, 0.3) is 0 Å². The second-order valence-corrected chi connectivity index (χ2v) is 3.70. The lowest BCUT2D eigenvalue weighted by molar-refractivity contribution is 1.19. The fourth-order valence-electron chi connectivity index (χ4n) is 1.08. The Kier molecular flexibility index (Phi) is 1.98. The molecule has 66 valence electrons. The number of hydrogen-bond donors (Lipinski definition) is 1. The van der Waals surface area contributed by atoms with Crippen LogP contribution in [0.4, 0.5) is 5.95 Å². The summed E-state index contributed by atoms with van der Waals surface area (Å²) in [5.41, 5.74) is 7.63. The van der Waals surface area contributed by atoms with Crippen LogP contribution in [0.2, 0.25) is 0 Å². The smallest absolute Gasteiger partial charge is 0.220 e. The van der Waals surface area contributed by atoms with Crippen LogP contribution in [-0.4, -0.2) is 9.97 Å². The van der Waals surface area contributed by atoms with E-state index in [1.165, 1.54) is 5.56 Å². The van der Waals surface area contributed by atoms with E-state index in [0.29, 0.717) is 5.95 Å². The summed E-state index contributed by atoms with van der Waals surface area (Å²) in [6.07, 6.45) is 1.67. The van der Waals surface area contributed by atoms with Crippen LogP contribution >= 0.6 is 11.3 Å². The summed E-state index contributed by atoms with van der Waals surface area (Å²) in [6.45, 7) is 2.06. The van der Waals surface area contributed by atoms with Gasteiger partial charge in [-0.3, -0.25) is 0 Å². The van der Waals surface area contributed by atoms with E-state index in [2.05, 4.69) is 28.3 Å². The summed E-state index contributed by atoms with van der Waals surface area (Å²) in [4.78, 5) is 9.11. The number of nitrogens with two attached hydrogens (primary N) is 1. The van der Waals surface area contributed by atoms with E-state index in [1.54, 1.807) is 17.5 Å². The van der Waals surface area contributed by atoms with Gasteiger partial charge in [0.2, 0.25) is 5.95 Å². The molecule has 0 unspecified atom stereocenters. The SMILES string of the molecule is Cc1csc(-c2ccnc(N)n2)c1. The van der Waals surface area contributed by atoms with E-state index in [-0.39, 0.29) is 0 Å². The van der Waals surface area contributed by atoms with Crippen LogP contribution < -0.4 is 5.73 Å². The molecule has 0 fully saturated rings. The van der Waals surface area contributed by atoms with Crippen LogP contribution in [-0.2, 0) is 0 Å². The number of thiophene rings is 1. The average molecular weight is 191 g/mol. The van der Waals surface area contributed by atoms with Gasteiger partial charge < -0.3 is 5.73 Å². The number of nitrogen functional groups attached to an aromatic ring is 1. The molecule has 13 heavy (non-hydrogen) atoms. The number of aryl methyl sites for hydroxylation is 1. The van der Waals surface area contributed by atoms with Crippen LogP contribution in [0.1, 0.15) is 5.56 Å². The Labute approximate surface area is 80.3 Å². The number of aromatic nitrogens is 2. The standard InChI is InChI=1S/C9H9N3S/c1-6-4-8(13-5-6)7-2-3-11-9(10)12-7/h2-5H,1H3,(H2,10,11,12). The molecule has 2 aromatic rings. The van der Waals surface area contributed by atoms with Crippen LogP contribution in [0.25, 0.3) is 10.6 Å². The largest absolute Gasteiger partial charge is 0.368 e. The molecule has 0 spiro atoms. The maximum absolute atomic E-state index is 5.49. The van der Waals surface area contributed by atoms with Gasteiger partial charge in [-0.1, -0.05) is 0 Å². The number of hydrogen-bond acceptors (Lipinski definition) is 4. The molecule has 0 bridgehead atoms. The summed E-state index contributed by atoms with van der Waals surface area (Å²) >= 11 is 1.67. The molecule has 0 radical (unpaired) electrons. The normalized spacial score (nSPS) is 10.2. The minimum absolute atomic E-state index is 0.323. The maximum atomic E-state index is 5.49. The molecule has 0 aliphatic heterocycles. The van der Waals surface area contributed by atoms with Gasteiger partial charge in [0.05, 0.1) is 10.6 Å². The van der Waals surface area contributed by atoms with Gasteiger partial charge >= 0.3 is 0 Å². The monoisotopic (exact) mass is 191 g/mol. The van der Waals surface area contributed by atoms with Gasteiger partial charge in [-0.15, -0.1) is 11.3 Å². The molecule has 0 aromatic carbocycles. The third kappa shape index (κ3) is 1.67. The lowest BCUT2D eigenvalue weighted by atomic mass is 10.3. The van der Waals surface area contributed by atoms with Gasteiger partial charge in [0.15, 0.2) is 0 Å². The number of nitrogens with zero attached hydrogens (tertiary/aromatic N) is 2. The van der Waals surface area contributed by atoms with Crippen molar-refractivity contribution in [1.82, 2.24) is 9.97 Å². The highest BCUT2D eigenvalue weighted by Gasteiger charge is 2.01. The Morgan fingerprint density at radius 3 is 2.92 bits per heavy atom. The highest BCUT2D eigenvalue weighted by molar-refractivity contribution is 7.13. The third-order valence-electron chi connectivity index (χ3n) is 1.66. The molecule has 0 aliphatic carbocycles. The Hall–Kier alpha value is -1.42. The van der Waals surface area contributed by atoms with E-state index >= 15 is 0 Å². The Balaban J connectivity index is 2.46. The lowest BCUT2D eigenvalue weighted by Gasteiger charge is -1.95. The third-order valence-corrected chi connectivity index (χ3v) is 2.73. The highest BCUT2D eigenvalue weighted by atomic mass is 32.1. The zero-order valence-electron chi connectivity index (χ0n) is 7.19. The van der Waals surface area contributed by atoms with Crippen molar-refractivity contribution in [3.63, 3.8) is 0 Å². The topological polar surface area (TPSA) is 51.8 Å². The predicted octanol–water partition coefficient (Wildman–Crippen LogP) is 2.10. The van der Waals surface area contributed by atoms with Crippen molar-refractivity contribution in [3.8, 4) is 10.6 Å². The second kappa shape index (κ2) is 3.14. The molecule has 3 nitrogen and oxygen atoms in total. The van der Waals surface area contributed by atoms with Gasteiger partial charge in [-0.05, 0) is 30.0 Å². The maximum Gasteiger partial charge on any atom is 0.220 e. The quantitative estimate of drug-likeness (QED) is 0.751. The number of anilines is 1. The summed E-state index contributed by atoms with van der Waals surface area (Å²) in [7, 11) is 0. The van der Waals surface area contributed by atoms with Crippen LogP contribution in [0.15, 0.2) is 23.7 Å². The molecule has 0 amide bonds. The molecule has 2 rings (SSSR count). The van der Waals surface area contributed by atoms with Crippen molar-refractivity contribution in [2.75, 3.05) is 5.73 Å². The van der Waals surface area contributed by atoms with Crippen molar-refractivity contribution in [2.24, 2.45) is 0 Å². The van der Waals surface area contributed by atoms with E-state index in [1.807, 2.05) is 6.07 Å². The molecule has 4 heteroatoms. The van der Waals surface area contributed by atoms with Crippen molar-refractivity contribution < 1.29 is 0 Å². The van der Waals surface area contributed by atoms with Crippen molar-refractivity contribution in [1.29, 1.82) is 0 Å². The minimum atomic E-state index is 0.323. The van der Waals surface area contributed by atoms with Crippen molar-refractivity contribution >= 4 is 17.3 Å². The molecular weight excluding hydrogens is 182 g/mol. The van der Waals surface area contributed by atoms with Gasteiger partial charge in [-0.25, -0.2) is 9.97 Å². The van der Waals surface area contributed by atoms with Crippen LogP contribution in [0.3, 0.4) is 0 Å². The Morgan fingerprint density at radius 2 is 2.31 bits per heavy atom. The van der Waals surface area contributed by atoms with Gasteiger partial charge in [-0.2, -0.15) is 0 Å². The lowest BCUT2D eigenvalue weighted by Crippen LogP contribution is -1.93. The summed E-state index contributed by atoms with van der Waals surface area (Å²) in [5, 5.41) is 2.09. The molecule has 0 saturated carbocycles. The van der Waals surface area contributed by atoms with Gasteiger partial charge in [0, 0.05) is 6.20 Å². The molecule has 2 N–H and O–H groups in total. The molecule has 2 heterocycles. The zero-order valence-corrected chi connectivity index (χ0v) is 8.01. The minimum Gasteiger partial charge on any atom is -0.368 e. The molecule has 0 atom stereocenters. The number of rotatable bonds is 1. The fraction of sp³-hybridized carbons (Fsp3) is 0.111. The van der Waals surface area contributed by atoms with Crippen molar-refractivity contribution in [2.45, 2.75) is 6.92 Å². The molecule has 0 aliphatic rings. The molecule has 2 aromatic heterocycles. The van der Waals surface area contributed by atoms with E-state index in [4.69, 9.17) is 5.73 Å². The molecule has 0 saturated heterocycles. The fourth-order valence-corrected chi connectivity index (χ4v) is 1.95. The van der Waals surface area contributed by atoms with E-state index in [0.717, 1.165) is 10.6 Å². The zero-order chi connectivity index (χ0) is 9.26. The van der Waals surface area contributed by atoms with Crippen molar-refractivity contribution in [3.05, 3.63) is 29.3 Å². The molecular formula is C9H9N3S. The average Bonchev–Trinajstić information content (AvgIpc) is 2.52. The summed E-state index contributed by atoms with van der Waals surface area (Å²) in [6, 6.07) is 3.95.